The van der Waals surface area contributed by atoms with Crippen LogP contribution >= 0.6 is 0 Å². The normalized spacial score (nSPS) is 14.4. The summed E-state index contributed by atoms with van der Waals surface area (Å²) in [5, 5.41) is 24.7. The Hall–Kier alpha value is -3.59. The molecule has 0 saturated heterocycles. The number of nitrogens with zero attached hydrogens (tertiary/aromatic N) is 1. The fourth-order valence-corrected chi connectivity index (χ4v) is 5.60. The van der Waals surface area contributed by atoms with Crippen molar-refractivity contribution in [3.63, 3.8) is 0 Å². The van der Waals surface area contributed by atoms with Crippen LogP contribution in [0.5, 0.6) is 11.5 Å². The number of sulfone groups is 1. The smallest absolute Gasteiger partial charge is 0.422 e. The Morgan fingerprint density at radius 2 is 1.81 bits per heavy atom. The number of amides is 2. The van der Waals surface area contributed by atoms with Crippen molar-refractivity contribution in [3.8, 4) is 11.5 Å². The third-order valence-corrected chi connectivity index (χ3v) is 7.96. The molecule has 13 nitrogen and oxygen atoms in total. The van der Waals surface area contributed by atoms with Crippen LogP contribution in [0.1, 0.15) is 45.7 Å². The summed E-state index contributed by atoms with van der Waals surface area (Å²) in [5.41, 5.74) is 3.42. The maximum atomic E-state index is 13.3. The first-order chi connectivity index (χ1) is 20.1. The van der Waals surface area contributed by atoms with Crippen molar-refractivity contribution in [2.75, 3.05) is 25.4 Å². The molecule has 0 bridgehead atoms. The highest BCUT2D eigenvalue weighted by Crippen LogP contribution is 2.29. The van der Waals surface area contributed by atoms with Crippen LogP contribution in [-0.4, -0.2) is 79.0 Å². The van der Waals surface area contributed by atoms with Crippen molar-refractivity contribution in [2.45, 2.75) is 70.3 Å². The molecule has 2 aromatic rings. The van der Waals surface area contributed by atoms with Gasteiger partial charge in [-0.25, -0.2) is 28.4 Å². The van der Waals surface area contributed by atoms with E-state index in [4.69, 9.17) is 19.2 Å². The summed E-state index contributed by atoms with van der Waals surface area (Å²) in [6.07, 6.45) is -3.46. The summed E-state index contributed by atoms with van der Waals surface area (Å²) in [5.74, 6) is 0.295. The van der Waals surface area contributed by atoms with E-state index >= 15 is 0 Å². The van der Waals surface area contributed by atoms with Gasteiger partial charge >= 0.3 is 12.2 Å². The van der Waals surface area contributed by atoms with E-state index < -0.39 is 45.5 Å². The highest BCUT2D eigenvalue weighted by Gasteiger charge is 2.34. The molecule has 3 rings (SSSR count). The highest BCUT2D eigenvalue weighted by molar-refractivity contribution is 7.91. The Labute approximate surface area is 251 Å². The van der Waals surface area contributed by atoms with Crippen LogP contribution in [0, 0.1) is 5.92 Å². The SMILES string of the molecule is CC(C)CNN(C(=O)O)C(Cc1ccc(OCCNC(=O)OC(C)(C)C)cc1)C(O)CS(=O)(=O)c1ccc2c(c1)COO2. The highest BCUT2D eigenvalue weighted by atomic mass is 32.2. The van der Waals surface area contributed by atoms with E-state index in [1.807, 2.05) is 13.8 Å². The van der Waals surface area contributed by atoms with E-state index in [9.17, 15) is 28.2 Å². The Morgan fingerprint density at radius 3 is 2.44 bits per heavy atom. The molecule has 1 aliphatic heterocycles. The first-order valence-corrected chi connectivity index (χ1v) is 15.6. The largest absolute Gasteiger partial charge is 0.492 e. The molecule has 2 atom stereocenters. The predicted octanol–water partition coefficient (Wildman–Crippen LogP) is 3.30. The molecular formula is C29H41N3O10S. The molecule has 0 spiro atoms. The van der Waals surface area contributed by atoms with Gasteiger partial charge in [-0.05, 0) is 69.0 Å². The monoisotopic (exact) mass is 623 g/mol. The molecule has 2 aromatic carbocycles. The van der Waals surface area contributed by atoms with E-state index in [0.717, 1.165) is 5.01 Å². The Balaban J connectivity index is 1.71. The molecule has 0 fully saturated rings. The zero-order valence-electron chi connectivity index (χ0n) is 25.0. The minimum atomic E-state index is -4.01. The maximum absolute atomic E-state index is 13.3. The molecule has 2 unspecified atom stereocenters. The number of hydrogen-bond acceptors (Lipinski definition) is 10. The van der Waals surface area contributed by atoms with Crippen molar-refractivity contribution in [1.29, 1.82) is 0 Å². The van der Waals surface area contributed by atoms with E-state index in [-0.39, 0.29) is 43.5 Å². The van der Waals surface area contributed by atoms with Gasteiger partial charge in [-0.1, -0.05) is 26.0 Å². The van der Waals surface area contributed by atoms with Crippen molar-refractivity contribution in [1.82, 2.24) is 15.8 Å². The number of carbonyl (C=O) groups is 2. The molecule has 43 heavy (non-hydrogen) atoms. The number of aliphatic hydroxyl groups is 1. The van der Waals surface area contributed by atoms with E-state index in [2.05, 4.69) is 10.7 Å². The lowest BCUT2D eigenvalue weighted by Crippen LogP contribution is -2.56. The fraction of sp³-hybridized carbons (Fsp3) is 0.517. The van der Waals surface area contributed by atoms with Crippen LogP contribution in [0.25, 0.3) is 0 Å². The molecule has 238 valence electrons. The van der Waals surface area contributed by atoms with Gasteiger partial charge in [0.05, 0.1) is 29.3 Å². The number of hydrazine groups is 1. The zero-order chi connectivity index (χ0) is 31.8. The third kappa shape index (κ3) is 10.6. The number of ether oxygens (including phenoxy) is 2. The van der Waals surface area contributed by atoms with Gasteiger partial charge in [-0.15, -0.1) is 0 Å². The molecule has 2 amide bonds. The Bertz CT molecular complexity index is 1340. The molecule has 1 aliphatic rings. The van der Waals surface area contributed by atoms with Gasteiger partial charge in [0.15, 0.2) is 15.6 Å². The second-order valence-electron chi connectivity index (χ2n) is 11.6. The lowest BCUT2D eigenvalue weighted by Gasteiger charge is -2.33. The van der Waals surface area contributed by atoms with Gasteiger partial charge < -0.3 is 29.9 Å². The maximum Gasteiger partial charge on any atom is 0.422 e. The summed E-state index contributed by atoms with van der Waals surface area (Å²) < 4.78 is 37.4. The van der Waals surface area contributed by atoms with Crippen LogP contribution in [0.3, 0.4) is 0 Å². The number of fused-ring (bicyclic) bond motifs is 1. The van der Waals surface area contributed by atoms with Gasteiger partial charge in [0.25, 0.3) is 0 Å². The standard InChI is InChI=1S/C29H41N3O10S/c1-19(2)16-31-32(28(35)36)24(25(33)18-43(37,38)23-10-11-26-21(15-23)17-40-42-26)14-20-6-8-22(9-7-20)39-13-12-30-27(34)41-29(3,4)5/h6-11,15,19,24-25,31,33H,12-14,16-18H2,1-5H3,(H,30,34)(H,35,36). The number of nitrogens with one attached hydrogen (secondary N) is 2. The Morgan fingerprint density at radius 1 is 1.12 bits per heavy atom. The molecule has 14 heteroatoms. The summed E-state index contributed by atoms with van der Waals surface area (Å²) in [6, 6.07) is 9.86. The van der Waals surface area contributed by atoms with Gasteiger partial charge in [-0.2, -0.15) is 4.89 Å². The van der Waals surface area contributed by atoms with Crippen LogP contribution in [-0.2, 0) is 32.5 Å². The quantitative estimate of drug-likeness (QED) is 0.138. The number of rotatable bonds is 14. The minimum Gasteiger partial charge on any atom is -0.492 e. The van der Waals surface area contributed by atoms with Gasteiger partial charge in [-0.3, -0.25) is 0 Å². The van der Waals surface area contributed by atoms with Gasteiger partial charge in [0.2, 0.25) is 0 Å². The summed E-state index contributed by atoms with van der Waals surface area (Å²) >= 11 is 0. The average Bonchev–Trinajstić information content (AvgIpc) is 3.38. The number of hydrogen-bond donors (Lipinski definition) is 4. The van der Waals surface area contributed by atoms with E-state index in [0.29, 0.717) is 22.6 Å². The topological polar surface area (TPSA) is 173 Å². The van der Waals surface area contributed by atoms with Crippen molar-refractivity contribution in [2.24, 2.45) is 5.92 Å². The first kappa shape index (κ1) is 33.9. The van der Waals surface area contributed by atoms with Crippen molar-refractivity contribution in [3.05, 3.63) is 53.6 Å². The average molecular weight is 624 g/mol. The van der Waals surface area contributed by atoms with E-state index in [1.165, 1.54) is 18.2 Å². The lowest BCUT2D eigenvalue weighted by atomic mass is 10.0. The van der Waals surface area contributed by atoms with Crippen molar-refractivity contribution >= 4 is 22.0 Å². The van der Waals surface area contributed by atoms with Crippen LogP contribution in [0.4, 0.5) is 9.59 Å². The molecule has 1 heterocycles. The first-order valence-electron chi connectivity index (χ1n) is 13.9. The number of carbonyl (C=O) groups excluding carboxylic acids is 1. The second-order valence-corrected chi connectivity index (χ2v) is 13.6. The second kappa shape index (κ2) is 14.7. The van der Waals surface area contributed by atoms with Crippen LogP contribution in [0.2, 0.25) is 0 Å². The predicted molar refractivity (Wildman–Crippen MR) is 156 cm³/mol. The lowest BCUT2D eigenvalue weighted by molar-refractivity contribution is -0.194. The molecule has 0 saturated carbocycles. The van der Waals surface area contributed by atoms with Gasteiger partial charge in [0, 0.05) is 12.1 Å². The Kier molecular flexibility index (Phi) is 11.6. The molecular weight excluding hydrogens is 582 g/mol. The third-order valence-electron chi connectivity index (χ3n) is 6.20. The van der Waals surface area contributed by atoms with Gasteiger partial charge in [0.1, 0.15) is 24.6 Å². The van der Waals surface area contributed by atoms with Crippen LogP contribution < -0.4 is 20.4 Å². The molecule has 0 aromatic heterocycles. The fourth-order valence-electron chi connectivity index (χ4n) is 4.14. The van der Waals surface area contributed by atoms with Crippen LogP contribution in [0.15, 0.2) is 47.4 Å². The summed E-state index contributed by atoms with van der Waals surface area (Å²) in [6.45, 7) is 9.88. The number of carboxylic acid groups (broad SMARTS) is 1. The molecule has 4 N–H and O–H groups in total. The van der Waals surface area contributed by atoms with E-state index in [1.54, 1.807) is 45.0 Å². The summed E-state index contributed by atoms with van der Waals surface area (Å²) in [7, 11) is -4.01. The minimum absolute atomic E-state index is 0.0143. The number of benzene rings is 2. The summed E-state index contributed by atoms with van der Waals surface area (Å²) in [4.78, 5) is 33.8. The molecule has 0 radical (unpaired) electrons. The zero-order valence-corrected chi connectivity index (χ0v) is 25.8. The number of alkyl carbamates (subject to hydrolysis) is 1. The van der Waals surface area contributed by atoms with Crippen molar-refractivity contribution < 1.29 is 47.5 Å². The number of aliphatic hydroxyl groups excluding tert-OH is 1. The molecule has 0 aliphatic carbocycles.